The highest BCUT2D eigenvalue weighted by molar-refractivity contribution is 5.70. The molecular weight excluding hydrogens is 901 g/mol. The first-order valence-corrected chi connectivity index (χ1v) is 25.5. The molecule has 0 spiro atoms. The lowest BCUT2D eigenvalue weighted by atomic mass is 9.98. The van der Waals surface area contributed by atoms with E-state index in [2.05, 4.69) is 86.8 Å². The van der Waals surface area contributed by atoms with Gasteiger partial charge in [0.2, 0.25) is 0 Å². The minimum atomic E-state index is -1.78. The van der Waals surface area contributed by atoms with E-state index in [1.54, 1.807) is 0 Å². The van der Waals surface area contributed by atoms with E-state index in [-0.39, 0.29) is 19.4 Å². The third kappa shape index (κ3) is 28.3. The lowest BCUT2D eigenvalue weighted by molar-refractivity contribution is -0.332. The van der Waals surface area contributed by atoms with Gasteiger partial charge in [-0.2, -0.15) is 0 Å². The summed E-state index contributed by atoms with van der Waals surface area (Å²) < 4.78 is 33.5. The van der Waals surface area contributed by atoms with Crippen molar-refractivity contribution < 1.29 is 73.8 Å². The van der Waals surface area contributed by atoms with E-state index in [0.717, 1.165) is 89.9 Å². The molecule has 0 bridgehead atoms. The molecule has 0 radical (unpaired) electrons. The third-order valence-electron chi connectivity index (χ3n) is 11.3. The first kappa shape index (κ1) is 62.3. The van der Waals surface area contributed by atoms with Crippen LogP contribution in [0.4, 0.5) is 0 Å². The fourth-order valence-corrected chi connectivity index (χ4v) is 7.19. The topological polar surface area (TPSA) is 231 Å². The van der Waals surface area contributed by atoms with Crippen LogP contribution in [0.1, 0.15) is 129 Å². The van der Waals surface area contributed by atoms with Gasteiger partial charge in [-0.1, -0.05) is 149 Å². The maximum absolute atomic E-state index is 13.0. The number of aliphatic hydroxyl groups excluding tert-OH is 7. The zero-order chi connectivity index (χ0) is 51.0. The van der Waals surface area contributed by atoms with Gasteiger partial charge in [-0.05, 0) is 77.0 Å². The summed E-state index contributed by atoms with van der Waals surface area (Å²) in [6.07, 6.45) is 35.4. The second kappa shape index (κ2) is 40.7. The van der Waals surface area contributed by atoms with Crippen molar-refractivity contribution in [2.75, 3.05) is 26.4 Å². The highest BCUT2D eigenvalue weighted by Gasteiger charge is 2.47. The van der Waals surface area contributed by atoms with Crippen LogP contribution in [-0.2, 0) is 38.0 Å². The van der Waals surface area contributed by atoms with Crippen LogP contribution in [0.2, 0.25) is 0 Å². The van der Waals surface area contributed by atoms with E-state index in [4.69, 9.17) is 28.4 Å². The van der Waals surface area contributed by atoms with E-state index in [9.17, 15) is 45.3 Å². The molecule has 70 heavy (non-hydrogen) atoms. The van der Waals surface area contributed by atoms with E-state index < -0.39 is 99.3 Å². The van der Waals surface area contributed by atoms with E-state index in [1.807, 2.05) is 36.5 Å². The predicted molar refractivity (Wildman–Crippen MR) is 270 cm³/mol. The average Bonchev–Trinajstić information content (AvgIpc) is 3.35. The molecule has 2 aliphatic heterocycles. The van der Waals surface area contributed by atoms with Crippen molar-refractivity contribution in [1.29, 1.82) is 0 Å². The Labute approximate surface area is 417 Å². The standard InChI is InChI=1S/C55H86O15/c1-3-5-7-9-11-13-15-17-19-20-21-22-24-25-27-29-31-33-35-37-46(57)65-40-43(68-47(58)38-36-34-32-30-28-26-23-18-16-14-12-10-8-6-4-2)41-66-54-53(64)51(62)49(60)45(70-54)42-67-55-52(63)50(61)48(59)44(39-56)69-55/h5-8,10-14,16-19,21-23,25,27,43-45,48-56,59-64H,3-4,9,15,20,24,26,28-42H2,1-2H3/b7-5+,8-6+,12-10+,13-11+,16-14+,19-17+,22-21+,23-18+,27-25+/t43-,44+,45+,48-,49-,50?,51?,52?,53?,54+,55+/m0/s1. The number of carbonyl (C=O) groups excluding carboxylic acids is 2. The molecule has 15 heteroatoms. The largest absolute Gasteiger partial charge is 0.462 e. The van der Waals surface area contributed by atoms with Crippen LogP contribution in [-0.4, -0.2) is 142 Å². The van der Waals surface area contributed by atoms with Crippen LogP contribution in [0.5, 0.6) is 0 Å². The Morgan fingerprint density at radius 3 is 1.53 bits per heavy atom. The Kier molecular flexibility index (Phi) is 36.2. The number of hydrogen-bond acceptors (Lipinski definition) is 15. The van der Waals surface area contributed by atoms with Crippen LogP contribution < -0.4 is 0 Å². The third-order valence-corrected chi connectivity index (χ3v) is 11.3. The number of ether oxygens (including phenoxy) is 6. The number of unbranched alkanes of at least 4 members (excludes halogenated alkanes) is 8. The molecule has 0 aliphatic carbocycles. The maximum Gasteiger partial charge on any atom is 0.306 e. The van der Waals surface area contributed by atoms with Crippen LogP contribution in [0, 0.1) is 0 Å². The molecule has 2 saturated heterocycles. The van der Waals surface area contributed by atoms with Crippen molar-refractivity contribution in [3.05, 3.63) is 109 Å². The molecule has 11 atom stereocenters. The summed E-state index contributed by atoms with van der Waals surface area (Å²) in [5.41, 5.74) is 0. The minimum Gasteiger partial charge on any atom is -0.462 e. The Bertz CT molecular complexity index is 1630. The first-order valence-electron chi connectivity index (χ1n) is 25.5. The van der Waals surface area contributed by atoms with Gasteiger partial charge in [0.15, 0.2) is 18.7 Å². The van der Waals surface area contributed by atoms with Gasteiger partial charge in [-0.25, -0.2) is 0 Å². The van der Waals surface area contributed by atoms with Crippen molar-refractivity contribution in [3.8, 4) is 0 Å². The SMILES string of the molecule is CC/C=C/C=C/C=C/C=C/CCCCCCCC(=O)O[C@@H](COC(=O)CCCCC/C=C/C/C=C/C/C=C/C/C=C/C/C=C/CC)CO[C@@H]1O[C@H](CO[C@@H]2O[C@H](CO)[C@H](O)C(O)C2O)[C@H](O)C(O)C1O. The van der Waals surface area contributed by atoms with Gasteiger partial charge in [-0.3, -0.25) is 9.59 Å². The van der Waals surface area contributed by atoms with E-state index in [0.29, 0.717) is 12.8 Å². The fourth-order valence-electron chi connectivity index (χ4n) is 7.19. The molecule has 7 N–H and O–H groups in total. The molecule has 2 rings (SSSR count). The Morgan fingerprint density at radius 2 is 0.929 bits per heavy atom. The van der Waals surface area contributed by atoms with Gasteiger partial charge >= 0.3 is 11.9 Å². The number of hydrogen-bond donors (Lipinski definition) is 7. The molecular formula is C55H86O15. The molecule has 2 fully saturated rings. The second-order valence-corrected chi connectivity index (χ2v) is 17.3. The van der Waals surface area contributed by atoms with Gasteiger partial charge in [0.25, 0.3) is 0 Å². The van der Waals surface area contributed by atoms with Gasteiger partial charge in [-0.15, -0.1) is 0 Å². The maximum atomic E-state index is 13.0. The van der Waals surface area contributed by atoms with E-state index >= 15 is 0 Å². The summed E-state index contributed by atoms with van der Waals surface area (Å²) in [5, 5.41) is 72.1. The second-order valence-electron chi connectivity index (χ2n) is 17.3. The Hall–Kier alpha value is -3.84. The summed E-state index contributed by atoms with van der Waals surface area (Å²) in [4.78, 5) is 25.8. The van der Waals surface area contributed by atoms with Crippen molar-refractivity contribution in [2.45, 2.75) is 197 Å². The summed E-state index contributed by atoms with van der Waals surface area (Å²) in [7, 11) is 0. The predicted octanol–water partition coefficient (Wildman–Crippen LogP) is 7.15. The molecule has 4 unspecified atom stereocenters. The van der Waals surface area contributed by atoms with Crippen LogP contribution in [0.3, 0.4) is 0 Å². The summed E-state index contributed by atoms with van der Waals surface area (Å²) in [6, 6.07) is 0. The lowest BCUT2D eigenvalue weighted by Gasteiger charge is -2.42. The molecule has 0 aromatic rings. The van der Waals surface area contributed by atoms with Crippen LogP contribution >= 0.6 is 0 Å². The normalized spacial score (nSPS) is 26.3. The quantitative estimate of drug-likeness (QED) is 0.0142. The lowest BCUT2D eigenvalue weighted by Crippen LogP contribution is -2.61. The average molecular weight is 987 g/mol. The van der Waals surface area contributed by atoms with Gasteiger partial charge in [0.1, 0.15) is 55.4 Å². The number of esters is 2. The monoisotopic (exact) mass is 987 g/mol. The minimum absolute atomic E-state index is 0.124. The highest BCUT2D eigenvalue weighted by atomic mass is 16.7. The summed E-state index contributed by atoms with van der Waals surface area (Å²) >= 11 is 0. The zero-order valence-electron chi connectivity index (χ0n) is 41.7. The smallest absolute Gasteiger partial charge is 0.306 e. The Morgan fingerprint density at radius 1 is 0.471 bits per heavy atom. The molecule has 0 aromatic carbocycles. The van der Waals surface area contributed by atoms with Crippen LogP contribution in [0.25, 0.3) is 0 Å². The number of carbonyl (C=O) groups is 2. The fraction of sp³-hybridized carbons (Fsp3) is 0.636. The molecule has 0 aromatic heterocycles. The van der Waals surface area contributed by atoms with E-state index in [1.165, 1.54) is 0 Å². The van der Waals surface area contributed by atoms with Crippen molar-refractivity contribution >= 4 is 11.9 Å². The number of allylic oxidation sites excluding steroid dienone is 18. The first-order chi connectivity index (χ1) is 34.0. The number of rotatable bonds is 37. The molecule has 0 amide bonds. The van der Waals surface area contributed by atoms with Crippen molar-refractivity contribution in [1.82, 2.24) is 0 Å². The number of aliphatic hydroxyl groups is 7. The van der Waals surface area contributed by atoms with Gasteiger partial charge in [0.05, 0.1) is 19.8 Å². The molecule has 2 heterocycles. The van der Waals surface area contributed by atoms with Gasteiger partial charge < -0.3 is 64.2 Å². The van der Waals surface area contributed by atoms with Crippen molar-refractivity contribution in [2.24, 2.45) is 0 Å². The summed E-state index contributed by atoms with van der Waals surface area (Å²) in [5.74, 6) is -1.00. The summed E-state index contributed by atoms with van der Waals surface area (Å²) in [6.45, 7) is 2.24. The van der Waals surface area contributed by atoms with Gasteiger partial charge in [0, 0.05) is 12.8 Å². The van der Waals surface area contributed by atoms with Crippen LogP contribution in [0.15, 0.2) is 109 Å². The van der Waals surface area contributed by atoms with Crippen molar-refractivity contribution in [3.63, 3.8) is 0 Å². The molecule has 0 saturated carbocycles. The Balaban J connectivity index is 1.84. The molecule has 2 aliphatic rings. The zero-order valence-corrected chi connectivity index (χ0v) is 41.7. The molecule has 396 valence electrons. The highest BCUT2D eigenvalue weighted by Crippen LogP contribution is 2.26. The molecule has 15 nitrogen and oxygen atoms in total.